The van der Waals surface area contributed by atoms with Gasteiger partial charge in [0, 0.05) is 21.6 Å². The van der Waals surface area contributed by atoms with Gasteiger partial charge in [-0.2, -0.15) is 0 Å². The van der Waals surface area contributed by atoms with E-state index in [2.05, 4.69) is 20.9 Å². The summed E-state index contributed by atoms with van der Waals surface area (Å²) < 4.78 is 13.9. The molecule has 0 atom stereocenters. The molecule has 62 valence electrons. The van der Waals surface area contributed by atoms with Gasteiger partial charge in [-0.3, -0.25) is 0 Å². The van der Waals surface area contributed by atoms with Crippen LogP contribution in [0.3, 0.4) is 0 Å². The Morgan fingerprint density at radius 3 is 3.00 bits per heavy atom. The molecule has 0 bridgehead atoms. The molecule has 1 heterocycles. The molecule has 2 aromatic rings. The highest BCUT2D eigenvalue weighted by Gasteiger charge is 2.07. The number of nitrogens with one attached hydrogen (secondary N) is 1. The number of aryl methyl sites for hydroxylation is 1. The number of aromatic nitrogens is 1. The van der Waals surface area contributed by atoms with Crippen molar-refractivity contribution in [3.05, 3.63) is 34.2 Å². The smallest absolute Gasteiger partial charge is 0.129 e. The van der Waals surface area contributed by atoms with Crippen LogP contribution >= 0.6 is 15.9 Å². The van der Waals surface area contributed by atoms with E-state index in [9.17, 15) is 4.39 Å². The van der Waals surface area contributed by atoms with Gasteiger partial charge in [-0.1, -0.05) is 0 Å². The Balaban J connectivity index is 2.97. The Hall–Kier alpha value is -0.830. The zero-order chi connectivity index (χ0) is 8.72. The van der Waals surface area contributed by atoms with E-state index in [0.717, 1.165) is 15.4 Å². The van der Waals surface area contributed by atoms with Crippen LogP contribution in [0.25, 0.3) is 10.9 Å². The normalized spacial score (nSPS) is 10.9. The predicted molar refractivity (Wildman–Crippen MR) is 50.7 cm³/mol. The summed E-state index contributed by atoms with van der Waals surface area (Å²) >= 11 is 3.30. The summed E-state index contributed by atoms with van der Waals surface area (Å²) in [4.78, 5) is 3.00. The minimum atomic E-state index is -0.183. The number of fused-ring (bicyclic) bond motifs is 1. The summed E-state index contributed by atoms with van der Waals surface area (Å²) in [6.07, 6.45) is 1.81. The summed E-state index contributed by atoms with van der Waals surface area (Å²) in [6, 6.07) is 3.41. The Bertz CT molecular complexity index is 433. The van der Waals surface area contributed by atoms with Crippen LogP contribution in [0.5, 0.6) is 0 Å². The zero-order valence-corrected chi connectivity index (χ0v) is 8.07. The predicted octanol–water partition coefficient (Wildman–Crippen LogP) is 3.38. The average Bonchev–Trinajstić information content (AvgIpc) is 2.48. The van der Waals surface area contributed by atoms with Gasteiger partial charge in [0.1, 0.15) is 5.82 Å². The third kappa shape index (κ3) is 0.966. The SMILES string of the molecule is Cc1c(F)cc(Br)c2cc[nH]c12. The Morgan fingerprint density at radius 2 is 2.25 bits per heavy atom. The first-order valence-electron chi connectivity index (χ1n) is 3.62. The molecule has 2 rings (SSSR count). The van der Waals surface area contributed by atoms with Crippen molar-refractivity contribution in [2.75, 3.05) is 0 Å². The molecule has 0 radical (unpaired) electrons. The van der Waals surface area contributed by atoms with E-state index >= 15 is 0 Å². The highest BCUT2D eigenvalue weighted by atomic mass is 79.9. The number of rotatable bonds is 0. The molecule has 1 aromatic heterocycles. The third-order valence-electron chi connectivity index (χ3n) is 1.99. The van der Waals surface area contributed by atoms with Crippen LogP contribution in [0.4, 0.5) is 4.39 Å². The van der Waals surface area contributed by atoms with Gasteiger partial charge in [0.15, 0.2) is 0 Å². The van der Waals surface area contributed by atoms with Crippen molar-refractivity contribution in [2.24, 2.45) is 0 Å². The van der Waals surface area contributed by atoms with Crippen molar-refractivity contribution < 1.29 is 4.39 Å². The fourth-order valence-electron chi connectivity index (χ4n) is 1.30. The second-order valence-corrected chi connectivity index (χ2v) is 3.59. The molecule has 0 amide bonds. The van der Waals surface area contributed by atoms with E-state index in [4.69, 9.17) is 0 Å². The highest BCUT2D eigenvalue weighted by Crippen LogP contribution is 2.27. The van der Waals surface area contributed by atoms with Gasteiger partial charge >= 0.3 is 0 Å². The van der Waals surface area contributed by atoms with Crippen molar-refractivity contribution in [1.29, 1.82) is 0 Å². The Labute approximate surface area is 77.7 Å². The Kier molecular flexibility index (Phi) is 1.68. The first-order valence-corrected chi connectivity index (χ1v) is 4.41. The fraction of sp³-hybridized carbons (Fsp3) is 0.111. The second-order valence-electron chi connectivity index (χ2n) is 2.73. The molecule has 0 saturated heterocycles. The standard InChI is InChI=1S/C9H7BrFN/c1-5-8(11)4-7(10)6-2-3-12-9(5)6/h2-4,12H,1H3. The van der Waals surface area contributed by atoms with Gasteiger partial charge in [0.2, 0.25) is 0 Å². The van der Waals surface area contributed by atoms with Crippen LogP contribution in [0.15, 0.2) is 22.8 Å². The van der Waals surface area contributed by atoms with Crippen molar-refractivity contribution in [1.82, 2.24) is 4.98 Å². The van der Waals surface area contributed by atoms with Gasteiger partial charge in [-0.15, -0.1) is 0 Å². The van der Waals surface area contributed by atoms with Crippen LogP contribution in [-0.4, -0.2) is 4.98 Å². The van der Waals surface area contributed by atoms with Gasteiger partial charge in [-0.05, 0) is 35.0 Å². The van der Waals surface area contributed by atoms with Crippen LogP contribution in [0, 0.1) is 12.7 Å². The molecule has 3 heteroatoms. The van der Waals surface area contributed by atoms with Gasteiger partial charge in [0.05, 0.1) is 5.52 Å². The number of halogens is 2. The van der Waals surface area contributed by atoms with Crippen LogP contribution in [0.2, 0.25) is 0 Å². The van der Waals surface area contributed by atoms with E-state index in [-0.39, 0.29) is 5.82 Å². The van der Waals surface area contributed by atoms with Crippen LogP contribution in [-0.2, 0) is 0 Å². The lowest BCUT2D eigenvalue weighted by atomic mass is 10.1. The number of hydrogen-bond donors (Lipinski definition) is 1. The zero-order valence-electron chi connectivity index (χ0n) is 6.49. The monoisotopic (exact) mass is 227 g/mol. The van der Waals surface area contributed by atoms with E-state index in [1.165, 1.54) is 6.07 Å². The summed E-state index contributed by atoms with van der Waals surface area (Å²) in [6.45, 7) is 1.76. The topological polar surface area (TPSA) is 15.8 Å². The second kappa shape index (κ2) is 2.59. The largest absolute Gasteiger partial charge is 0.361 e. The lowest BCUT2D eigenvalue weighted by molar-refractivity contribution is 0.620. The van der Waals surface area contributed by atoms with Crippen molar-refractivity contribution in [3.63, 3.8) is 0 Å². The third-order valence-corrected chi connectivity index (χ3v) is 2.65. The molecule has 0 aliphatic heterocycles. The lowest BCUT2D eigenvalue weighted by Crippen LogP contribution is -1.84. The van der Waals surface area contributed by atoms with E-state index in [1.54, 1.807) is 6.92 Å². The summed E-state index contributed by atoms with van der Waals surface area (Å²) in [7, 11) is 0. The minimum absolute atomic E-state index is 0.183. The molecular weight excluding hydrogens is 221 g/mol. The maximum absolute atomic E-state index is 13.1. The molecule has 0 aliphatic rings. The van der Waals surface area contributed by atoms with Crippen molar-refractivity contribution >= 4 is 26.8 Å². The van der Waals surface area contributed by atoms with Gasteiger partial charge < -0.3 is 4.98 Å². The van der Waals surface area contributed by atoms with Gasteiger partial charge in [0.25, 0.3) is 0 Å². The number of aromatic amines is 1. The molecule has 0 unspecified atom stereocenters. The molecule has 0 saturated carbocycles. The summed E-state index contributed by atoms with van der Waals surface area (Å²) in [5, 5.41) is 1.02. The number of benzene rings is 1. The summed E-state index contributed by atoms with van der Waals surface area (Å²) in [5.74, 6) is -0.183. The van der Waals surface area contributed by atoms with E-state index < -0.39 is 0 Å². The molecule has 12 heavy (non-hydrogen) atoms. The van der Waals surface area contributed by atoms with Crippen molar-refractivity contribution in [2.45, 2.75) is 6.92 Å². The first-order chi connectivity index (χ1) is 5.70. The molecule has 0 spiro atoms. The van der Waals surface area contributed by atoms with E-state index in [1.807, 2.05) is 12.3 Å². The molecule has 0 aliphatic carbocycles. The quantitative estimate of drug-likeness (QED) is 0.711. The maximum Gasteiger partial charge on any atom is 0.129 e. The summed E-state index contributed by atoms with van der Waals surface area (Å²) in [5.41, 5.74) is 1.53. The van der Waals surface area contributed by atoms with Gasteiger partial charge in [-0.25, -0.2) is 4.39 Å². The molecule has 0 fully saturated rings. The van der Waals surface area contributed by atoms with Crippen molar-refractivity contribution in [3.8, 4) is 0 Å². The molecule has 1 aromatic carbocycles. The van der Waals surface area contributed by atoms with Crippen LogP contribution in [0.1, 0.15) is 5.56 Å². The molecule has 1 nitrogen and oxygen atoms in total. The van der Waals surface area contributed by atoms with Crippen LogP contribution < -0.4 is 0 Å². The maximum atomic E-state index is 13.1. The number of H-pyrrole nitrogens is 1. The number of hydrogen-bond acceptors (Lipinski definition) is 0. The lowest BCUT2D eigenvalue weighted by Gasteiger charge is -2.00. The molecule has 1 N–H and O–H groups in total. The Morgan fingerprint density at radius 1 is 1.50 bits per heavy atom. The molecular formula is C9H7BrFN. The van der Waals surface area contributed by atoms with E-state index in [0.29, 0.717) is 5.56 Å². The highest BCUT2D eigenvalue weighted by molar-refractivity contribution is 9.10. The minimum Gasteiger partial charge on any atom is -0.361 e. The first kappa shape index (κ1) is 7.80. The fourth-order valence-corrected chi connectivity index (χ4v) is 1.83. The average molecular weight is 228 g/mol.